The highest BCUT2D eigenvalue weighted by Crippen LogP contribution is 2.35. The van der Waals surface area contributed by atoms with Crippen molar-refractivity contribution in [3.63, 3.8) is 0 Å². The molecule has 2 aromatic rings. The summed E-state index contributed by atoms with van der Waals surface area (Å²) in [4.78, 5) is 31.7. The lowest BCUT2D eigenvalue weighted by molar-refractivity contribution is -0.137. The molecule has 3 heterocycles. The van der Waals surface area contributed by atoms with Gasteiger partial charge in [-0.3, -0.25) is 14.6 Å². The van der Waals surface area contributed by atoms with Crippen LogP contribution in [0.5, 0.6) is 0 Å². The molecule has 2 aliphatic heterocycles. The van der Waals surface area contributed by atoms with E-state index < -0.39 is 64.0 Å². The number of carbonyl (C=O) groups is 2. The highest BCUT2D eigenvalue weighted by molar-refractivity contribution is 6.30. The normalized spacial score (nSPS) is 21.2. The molecule has 2 fully saturated rings. The van der Waals surface area contributed by atoms with Crippen LogP contribution in [0.25, 0.3) is 0 Å². The van der Waals surface area contributed by atoms with E-state index in [0.29, 0.717) is 18.9 Å². The predicted octanol–water partition coefficient (Wildman–Crippen LogP) is 4.92. The fourth-order valence-electron chi connectivity index (χ4n) is 4.63. The van der Waals surface area contributed by atoms with Crippen LogP contribution in [0, 0.1) is 17.6 Å². The largest absolute Gasteiger partial charge is 0.416 e. The summed E-state index contributed by atoms with van der Waals surface area (Å²) < 4.78 is 73.5. The minimum atomic E-state index is -4.67. The van der Waals surface area contributed by atoms with Gasteiger partial charge in [-0.1, -0.05) is 18.5 Å². The lowest BCUT2D eigenvalue weighted by atomic mass is 9.90. The van der Waals surface area contributed by atoms with Crippen molar-refractivity contribution in [2.45, 2.75) is 50.5 Å². The Labute approximate surface area is 208 Å². The standard InChI is InChI=1S/C24H23ClF5N3O3/c1-2-14-3-4-20(33(14)23(35)19-7-13(5-6-31-19)24(28,29)30)22(34)32-21(12-10-36-11-12)15-8-18(27)16(25)9-17(15)26/h5-9,12,14,20-21H,2-4,10-11H2,1H3,(H,32,34)/t14-,20-,21?/m1/s1. The molecule has 1 N–H and O–H groups in total. The smallest absolute Gasteiger partial charge is 0.381 e. The van der Waals surface area contributed by atoms with Crippen molar-refractivity contribution in [3.8, 4) is 0 Å². The average Bonchev–Trinajstić information content (AvgIpc) is 3.23. The Morgan fingerprint density at radius 2 is 1.92 bits per heavy atom. The molecule has 0 radical (unpaired) electrons. The number of nitrogens with zero attached hydrogens (tertiary/aromatic N) is 2. The van der Waals surface area contributed by atoms with E-state index in [-0.39, 0.29) is 31.1 Å². The third-order valence-corrected chi connectivity index (χ3v) is 6.91. The molecule has 0 bridgehead atoms. The van der Waals surface area contributed by atoms with Crippen molar-refractivity contribution in [1.29, 1.82) is 0 Å². The van der Waals surface area contributed by atoms with Crippen LogP contribution in [0.1, 0.15) is 53.8 Å². The molecule has 0 spiro atoms. The number of aromatic nitrogens is 1. The number of carbonyl (C=O) groups excluding carboxylic acids is 2. The molecule has 194 valence electrons. The number of alkyl halides is 3. The molecule has 0 aliphatic carbocycles. The molecule has 1 aromatic carbocycles. The van der Waals surface area contributed by atoms with E-state index in [0.717, 1.165) is 24.4 Å². The van der Waals surface area contributed by atoms with Gasteiger partial charge in [0.25, 0.3) is 5.91 Å². The van der Waals surface area contributed by atoms with E-state index in [1.165, 1.54) is 4.90 Å². The number of ether oxygens (including phenoxy) is 1. The Hall–Kier alpha value is -2.79. The van der Waals surface area contributed by atoms with Gasteiger partial charge in [0.15, 0.2) is 0 Å². The molecule has 6 nitrogen and oxygen atoms in total. The summed E-state index contributed by atoms with van der Waals surface area (Å²) in [5.74, 6) is -3.44. The van der Waals surface area contributed by atoms with E-state index in [9.17, 15) is 31.5 Å². The molecule has 3 atom stereocenters. The van der Waals surface area contributed by atoms with Crippen molar-refractivity contribution < 1.29 is 36.3 Å². The zero-order chi connectivity index (χ0) is 26.2. The Bertz CT molecular complexity index is 1160. The van der Waals surface area contributed by atoms with Crippen LogP contribution in [0.2, 0.25) is 5.02 Å². The lowest BCUT2D eigenvalue weighted by Gasteiger charge is -2.36. The summed E-state index contributed by atoms with van der Waals surface area (Å²) in [6.45, 7) is 2.20. The number of halogens is 6. The zero-order valence-electron chi connectivity index (χ0n) is 19.1. The number of likely N-dealkylation sites (tertiary alicyclic amines) is 1. The second kappa shape index (κ2) is 10.3. The Morgan fingerprint density at radius 1 is 1.19 bits per heavy atom. The van der Waals surface area contributed by atoms with Gasteiger partial charge in [0, 0.05) is 23.7 Å². The molecule has 2 saturated heterocycles. The van der Waals surface area contributed by atoms with Crippen LogP contribution in [0.4, 0.5) is 22.0 Å². The topological polar surface area (TPSA) is 71.5 Å². The van der Waals surface area contributed by atoms with Gasteiger partial charge in [0.05, 0.1) is 29.8 Å². The maximum Gasteiger partial charge on any atom is 0.416 e. The summed E-state index contributed by atoms with van der Waals surface area (Å²) in [7, 11) is 0. The highest BCUT2D eigenvalue weighted by Gasteiger charge is 2.43. The number of benzene rings is 1. The van der Waals surface area contributed by atoms with E-state index in [1.54, 1.807) is 6.92 Å². The molecular formula is C24H23ClF5N3O3. The van der Waals surface area contributed by atoms with Crippen molar-refractivity contribution in [2.75, 3.05) is 13.2 Å². The van der Waals surface area contributed by atoms with Crippen molar-refractivity contribution >= 4 is 23.4 Å². The Kier molecular flexibility index (Phi) is 7.51. The van der Waals surface area contributed by atoms with Crippen molar-refractivity contribution in [3.05, 3.63) is 63.9 Å². The van der Waals surface area contributed by atoms with Crippen LogP contribution in [0.3, 0.4) is 0 Å². The molecular weight excluding hydrogens is 509 g/mol. The van der Waals surface area contributed by atoms with Gasteiger partial charge in [-0.15, -0.1) is 0 Å². The fourth-order valence-corrected chi connectivity index (χ4v) is 4.78. The molecule has 2 amide bonds. The van der Waals surface area contributed by atoms with Crippen LogP contribution in [-0.4, -0.2) is 47.0 Å². The van der Waals surface area contributed by atoms with E-state index in [4.69, 9.17) is 16.3 Å². The van der Waals surface area contributed by atoms with Crippen LogP contribution >= 0.6 is 11.6 Å². The first-order valence-electron chi connectivity index (χ1n) is 11.4. The molecule has 4 rings (SSSR count). The first-order chi connectivity index (χ1) is 17.0. The number of amides is 2. The van der Waals surface area contributed by atoms with E-state index in [2.05, 4.69) is 10.3 Å². The maximum absolute atomic E-state index is 14.7. The minimum Gasteiger partial charge on any atom is -0.381 e. The van der Waals surface area contributed by atoms with Gasteiger partial charge in [-0.25, -0.2) is 8.78 Å². The second-order valence-electron chi connectivity index (χ2n) is 8.87. The number of hydrogen-bond donors (Lipinski definition) is 1. The number of pyridine rings is 1. The minimum absolute atomic E-state index is 0.110. The van der Waals surface area contributed by atoms with Gasteiger partial charge < -0.3 is 15.0 Å². The Morgan fingerprint density at radius 3 is 2.53 bits per heavy atom. The predicted molar refractivity (Wildman–Crippen MR) is 119 cm³/mol. The summed E-state index contributed by atoms with van der Waals surface area (Å²) >= 11 is 5.66. The summed E-state index contributed by atoms with van der Waals surface area (Å²) in [6.07, 6.45) is -2.61. The SMILES string of the molecule is CC[C@@H]1CC[C@H](C(=O)NC(c2cc(F)c(Cl)cc2F)C2COC2)N1C(=O)c1cc(C(F)(F)F)ccn1. The summed E-state index contributed by atoms with van der Waals surface area (Å²) in [5, 5.41) is 2.31. The maximum atomic E-state index is 14.7. The van der Waals surface area contributed by atoms with Crippen LogP contribution < -0.4 is 5.32 Å². The number of nitrogens with one attached hydrogen (secondary N) is 1. The summed E-state index contributed by atoms with van der Waals surface area (Å²) in [5.41, 5.74) is -1.57. The van der Waals surface area contributed by atoms with Gasteiger partial charge in [0.2, 0.25) is 5.91 Å². The third kappa shape index (κ3) is 5.17. The van der Waals surface area contributed by atoms with Gasteiger partial charge >= 0.3 is 6.18 Å². The molecule has 12 heteroatoms. The molecule has 2 aliphatic rings. The molecule has 1 unspecified atom stereocenters. The monoisotopic (exact) mass is 531 g/mol. The number of hydrogen-bond acceptors (Lipinski definition) is 4. The highest BCUT2D eigenvalue weighted by atomic mass is 35.5. The van der Waals surface area contributed by atoms with Crippen molar-refractivity contribution in [1.82, 2.24) is 15.2 Å². The van der Waals surface area contributed by atoms with Gasteiger partial charge in [-0.05, 0) is 43.5 Å². The Balaban J connectivity index is 1.61. The lowest BCUT2D eigenvalue weighted by Crippen LogP contribution is -2.52. The third-order valence-electron chi connectivity index (χ3n) is 6.62. The van der Waals surface area contributed by atoms with E-state index >= 15 is 0 Å². The first-order valence-corrected chi connectivity index (χ1v) is 11.8. The number of rotatable bonds is 6. The van der Waals surface area contributed by atoms with Gasteiger partial charge in [-0.2, -0.15) is 13.2 Å². The fraction of sp³-hybridized carbons (Fsp3) is 0.458. The van der Waals surface area contributed by atoms with Crippen LogP contribution in [-0.2, 0) is 15.7 Å². The average molecular weight is 532 g/mol. The van der Waals surface area contributed by atoms with Crippen LogP contribution in [0.15, 0.2) is 30.5 Å². The molecule has 1 aromatic heterocycles. The van der Waals surface area contributed by atoms with Crippen molar-refractivity contribution in [2.24, 2.45) is 5.92 Å². The second-order valence-corrected chi connectivity index (χ2v) is 9.27. The quantitative estimate of drug-likeness (QED) is 0.424. The first kappa shape index (κ1) is 26.3. The summed E-state index contributed by atoms with van der Waals surface area (Å²) in [6, 6.07) is 0.767. The zero-order valence-corrected chi connectivity index (χ0v) is 19.9. The molecule has 0 saturated carbocycles. The van der Waals surface area contributed by atoms with E-state index in [1.807, 2.05) is 0 Å². The van der Waals surface area contributed by atoms with Gasteiger partial charge in [0.1, 0.15) is 23.4 Å². The molecule has 36 heavy (non-hydrogen) atoms.